The molecule has 7 heteroatoms. The van der Waals surface area contributed by atoms with Crippen LogP contribution in [0, 0.1) is 13.8 Å². The number of fused-ring (bicyclic) bond motifs is 5. The zero-order valence-electron chi connectivity index (χ0n) is 13.5. The molecule has 0 atom stereocenters. The lowest BCUT2D eigenvalue weighted by atomic mass is 10.1. The van der Waals surface area contributed by atoms with E-state index in [2.05, 4.69) is 44.0 Å². The highest BCUT2D eigenvalue weighted by atomic mass is 79.9. The smallest absolute Gasteiger partial charge is 0.183 e. The van der Waals surface area contributed by atoms with E-state index in [4.69, 9.17) is 4.98 Å². The largest absolute Gasteiger partial charge is 0.242 e. The summed E-state index contributed by atoms with van der Waals surface area (Å²) in [4.78, 5) is 15.1. The minimum Gasteiger partial charge on any atom is -0.242 e. The Labute approximate surface area is 155 Å². The van der Waals surface area contributed by atoms with Gasteiger partial charge in [0.1, 0.15) is 15.9 Å². The van der Waals surface area contributed by atoms with Crippen molar-refractivity contribution in [2.24, 2.45) is 0 Å². The van der Waals surface area contributed by atoms with Crippen LogP contribution in [0.5, 0.6) is 0 Å². The minimum absolute atomic E-state index is 0.681. The van der Waals surface area contributed by atoms with E-state index in [1.165, 1.54) is 5.56 Å². The Bertz CT molecular complexity index is 1290. The van der Waals surface area contributed by atoms with E-state index >= 15 is 0 Å². The van der Waals surface area contributed by atoms with E-state index in [1.807, 2.05) is 31.2 Å². The Morgan fingerprint density at radius 1 is 1.12 bits per heavy atom. The molecule has 0 radical (unpaired) electrons. The summed E-state index contributed by atoms with van der Waals surface area (Å²) in [7, 11) is 0. The summed E-state index contributed by atoms with van der Waals surface area (Å²) in [5, 5.41) is 5.71. The third kappa shape index (κ3) is 2.19. The Morgan fingerprint density at radius 2 is 1.96 bits per heavy atom. The fourth-order valence-electron chi connectivity index (χ4n) is 3.13. The first-order valence-electron chi connectivity index (χ1n) is 7.78. The zero-order valence-corrected chi connectivity index (χ0v) is 15.9. The molecule has 5 aromatic rings. The SMILES string of the molecule is Cc1cc(C)c2c(n1)sc1c2ncn2nc(-c3ccccc3Br)nc12. The number of nitrogens with zero attached hydrogens (tertiary/aromatic N) is 5. The first-order chi connectivity index (χ1) is 12.1. The van der Waals surface area contributed by atoms with Crippen LogP contribution in [-0.2, 0) is 0 Å². The summed E-state index contributed by atoms with van der Waals surface area (Å²) in [6.07, 6.45) is 1.73. The lowest BCUT2D eigenvalue weighted by Gasteiger charge is -1.98. The summed E-state index contributed by atoms with van der Waals surface area (Å²) in [6.45, 7) is 4.12. The number of aryl methyl sites for hydroxylation is 2. The quantitative estimate of drug-likeness (QED) is 0.393. The number of thiophene rings is 1. The number of benzene rings is 1. The van der Waals surface area contributed by atoms with Crippen LogP contribution in [0.3, 0.4) is 0 Å². The van der Waals surface area contributed by atoms with Crippen molar-refractivity contribution in [2.75, 3.05) is 0 Å². The number of halogens is 1. The Balaban J connectivity index is 1.86. The number of pyridine rings is 1. The molecule has 25 heavy (non-hydrogen) atoms. The molecule has 4 aromatic heterocycles. The lowest BCUT2D eigenvalue weighted by molar-refractivity contribution is 0.939. The molecule has 0 saturated heterocycles. The maximum absolute atomic E-state index is 4.78. The van der Waals surface area contributed by atoms with E-state index in [0.29, 0.717) is 5.82 Å². The number of hydrogen-bond donors (Lipinski definition) is 0. The highest BCUT2D eigenvalue weighted by Gasteiger charge is 2.17. The molecular formula is C18H12BrN5S. The molecule has 0 N–H and O–H groups in total. The lowest BCUT2D eigenvalue weighted by Crippen LogP contribution is -1.90. The van der Waals surface area contributed by atoms with Crippen LogP contribution in [0.4, 0.5) is 0 Å². The topological polar surface area (TPSA) is 56.0 Å². The van der Waals surface area contributed by atoms with Crippen LogP contribution < -0.4 is 0 Å². The van der Waals surface area contributed by atoms with E-state index in [-0.39, 0.29) is 0 Å². The first kappa shape index (κ1) is 14.9. The fraction of sp³-hybridized carbons (Fsp3) is 0.111. The predicted molar refractivity (Wildman–Crippen MR) is 104 cm³/mol. The second-order valence-electron chi connectivity index (χ2n) is 5.97. The van der Waals surface area contributed by atoms with Crippen molar-refractivity contribution < 1.29 is 0 Å². The standard InChI is InChI=1S/C18H12BrN5S/c1-9-7-10(2)21-18-13(9)14-15(25-18)17-22-16(23-24(17)8-20-14)11-5-3-4-6-12(11)19/h3-8H,1-2H3. The van der Waals surface area contributed by atoms with E-state index < -0.39 is 0 Å². The molecule has 0 aliphatic rings. The fourth-order valence-corrected chi connectivity index (χ4v) is 4.81. The second-order valence-corrected chi connectivity index (χ2v) is 7.82. The molecule has 0 unspecified atom stereocenters. The van der Waals surface area contributed by atoms with Crippen LogP contribution >= 0.6 is 27.3 Å². The van der Waals surface area contributed by atoms with Gasteiger partial charge in [0.2, 0.25) is 0 Å². The molecule has 0 bridgehead atoms. The van der Waals surface area contributed by atoms with Crippen molar-refractivity contribution in [1.29, 1.82) is 0 Å². The molecule has 5 nitrogen and oxygen atoms in total. The molecule has 0 aliphatic heterocycles. The summed E-state index contributed by atoms with van der Waals surface area (Å²) in [5.41, 5.74) is 4.93. The van der Waals surface area contributed by atoms with Gasteiger partial charge in [-0.1, -0.05) is 28.1 Å². The van der Waals surface area contributed by atoms with Crippen molar-refractivity contribution in [3.05, 3.63) is 52.4 Å². The summed E-state index contributed by atoms with van der Waals surface area (Å²) in [6, 6.07) is 10.0. The van der Waals surface area contributed by atoms with Crippen molar-refractivity contribution >= 4 is 53.3 Å². The maximum atomic E-state index is 4.78. The highest BCUT2D eigenvalue weighted by Crippen LogP contribution is 2.36. The predicted octanol–water partition coefficient (Wildman–Crippen LogP) is 4.93. The normalized spacial score (nSPS) is 11.8. The maximum Gasteiger partial charge on any atom is 0.183 e. The van der Waals surface area contributed by atoms with Gasteiger partial charge in [-0.15, -0.1) is 16.4 Å². The molecule has 0 aliphatic carbocycles. The van der Waals surface area contributed by atoms with Crippen LogP contribution in [0.15, 0.2) is 41.1 Å². The molecule has 0 spiro atoms. The Morgan fingerprint density at radius 3 is 2.80 bits per heavy atom. The van der Waals surface area contributed by atoms with Crippen LogP contribution in [0.25, 0.3) is 37.5 Å². The van der Waals surface area contributed by atoms with Gasteiger partial charge in [0.15, 0.2) is 11.5 Å². The molecule has 0 fully saturated rings. The van der Waals surface area contributed by atoms with Gasteiger partial charge in [-0.25, -0.2) is 19.5 Å². The molecule has 4 heterocycles. The van der Waals surface area contributed by atoms with E-state index in [1.54, 1.807) is 22.2 Å². The number of rotatable bonds is 1. The van der Waals surface area contributed by atoms with Gasteiger partial charge >= 0.3 is 0 Å². The van der Waals surface area contributed by atoms with Gasteiger partial charge in [-0.2, -0.15) is 0 Å². The number of aromatic nitrogens is 5. The summed E-state index contributed by atoms with van der Waals surface area (Å²) < 4.78 is 3.73. The summed E-state index contributed by atoms with van der Waals surface area (Å²) in [5.74, 6) is 0.681. The average molecular weight is 410 g/mol. The van der Waals surface area contributed by atoms with Gasteiger partial charge in [-0.3, -0.25) is 0 Å². The van der Waals surface area contributed by atoms with E-state index in [0.717, 1.165) is 41.8 Å². The minimum atomic E-state index is 0.681. The Hall–Kier alpha value is -2.38. The molecular weight excluding hydrogens is 398 g/mol. The zero-order chi connectivity index (χ0) is 17.1. The van der Waals surface area contributed by atoms with Crippen LogP contribution in [0.2, 0.25) is 0 Å². The average Bonchev–Trinajstić information content (AvgIpc) is 3.15. The van der Waals surface area contributed by atoms with Crippen LogP contribution in [0.1, 0.15) is 11.3 Å². The van der Waals surface area contributed by atoms with Gasteiger partial charge in [-0.05, 0) is 37.6 Å². The molecule has 0 amide bonds. The van der Waals surface area contributed by atoms with Crippen molar-refractivity contribution in [3.8, 4) is 11.4 Å². The molecule has 122 valence electrons. The monoisotopic (exact) mass is 409 g/mol. The number of hydrogen-bond acceptors (Lipinski definition) is 5. The summed E-state index contributed by atoms with van der Waals surface area (Å²) >= 11 is 5.20. The van der Waals surface area contributed by atoms with Gasteiger partial charge in [0.05, 0.1) is 5.52 Å². The van der Waals surface area contributed by atoms with Crippen LogP contribution in [-0.4, -0.2) is 24.6 Å². The third-order valence-corrected chi connectivity index (χ3v) is 5.97. The second kappa shape index (κ2) is 5.31. The van der Waals surface area contributed by atoms with E-state index in [9.17, 15) is 0 Å². The van der Waals surface area contributed by atoms with Gasteiger partial charge in [0, 0.05) is 21.1 Å². The molecule has 5 rings (SSSR count). The van der Waals surface area contributed by atoms with Crippen molar-refractivity contribution in [3.63, 3.8) is 0 Å². The Kier molecular flexibility index (Phi) is 3.17. The van der Waals surface area contributed by atoms with Crippen molar-refractivity contribution in [2.45, 2.75) is 13.8 Å². The molecule has 0 saturated carbocycles. The first-order valence-corrected chi connectivity index (χ1v) is 9.39. The highest BCUT2D eigenvalue weighted by molar-refractivity contribution is 9.10. The van der Waals surface area contributed by atoms with Gasteiger partial charge < -0.3 is 0 Å². The molecule has 1 aromatic carbocycles. The third-order valence-electron chi connectivity index (χ3n) is 4.21. The van der Waals surface area contributed by atoms with Gasteiger partial charge in [0.25, 0.3) is 0 Å². The van der Waals surface area contributed by atoms with Crippen molar-refractivity contribution in [1.82, 2.24) is 24.6 Å².